The van der Waals surface area contributed by atoms with Gasteiger partial charge in [-0.2, -0.15) is 0 Å². The number of thiazole rings is 1. The summed E-state index contributed by atoms with van der Waals surface area (Å²) in [5.41, 5.74) is 2.43. The van der Waals surface area contributed by atoms with Crippen LogP contribution in [0, 0.1) is 11.6 Å². The van der Waals surface area contributed by atoms with Crippen LogP contribution in [0.2, 0.25) is 0 Å². The normalized spacial score (nSPS) is 15.8. The minimum atomic E-state index is -0.903. The van der Waals surface area contributed by atoms with Gasteiger partial charge in [-0.15, -0.1) is 0 Å². The molecule has 9 heteroatoms. The quantitative estimate of drug-likeness (QED) is 0.556. The summed E-state index contributed by atoms with van der Waals surface area (Å²) in [6.07, 6.45) is 2.51. The average Bonchev–Trinajstić information content (AvgIpc) is 3.14. The van der Waals surface area contributed by atoms with Gasteiger partial charge in [-0.3, -0.25) is 15.0 Å². The molecule has 1 aliphatic heterocycles. The van der Waals surface area contributed by atoms with Crippen LogP contribution in [0.5, 0.6) is 5.75 Å². The first kappa shape index (κ1) is 22.9. The number of nitrogens with one attached hydrogen (secondary N) is 1. The van der Waals surface area contributed by atoms with E-state index in [9.17, 15) is 13.6 Å². The van der Waals surface area contributed by atoms with E-state index in [1.165, 1.54) is 17.4 Å². The van der Waals surface area contributed by atoms with Gasteiger partial charge in [0, 0.05) is 30.8 Å². The highest BCUT2D eigenvalue weighted by Crippen LogP contribution is 2.41. The molecule has 0 radical (unpaired) electrons. The maximum absolute atomic E-state index is 14.0. The first-order valence-corrected chi connectivity index (χ1v) is 12.2. The number of nitrogens with zero attached hydrogens (tertiary/aromatic N) is 2. The molecule has 0 unspecified atom stereocenters. The van der Waals surface area contributed by atoms with Crippen LogP contribution < -0.4 is 10.1 Å². The Morgan fingerprint density at radius 1 is 1.12 bits per heavy atom. The van der Waals surface area contributed by atoms with Crippen LogP contribution in [-0.4, -0.2) is 55.2 Å². The van der Waals surface area contributed by atoms with Crippen LogP contribution in [-0.2, 0) is 17.6 Å². The van der Waals surface area contributed by atoms with Crippen LogP contribution in [0.3, 0.4) is 0 Å². The van der Waals surface area contributed by atoms with Crippen molar-refractivity contribution in [2.24, 2.45) is 0 Å². The molecule has 1 aliphatic carbocycles. The second-order valence-corrected chi connectivity index (χ2v) is 9.28. The highest BCUT2D eigenvalue weighted by molar-refractivity contribution is 7.19. The lowest BCUT2D eigenvalue weighted by Gasteiger charge is -2.26. The second-order valence-electron chi connectivity index (χ2n) is 8.28. The molecular weight excluding hydrogens is 460 g/mol. The van der Waals surface area contributed by atoms with Crippen molar-refractivity contribution in [3.8, 4) is 16.2 Å². The Labute approximate surface area is 200 Å². The number of carbonyl (C=O) groups is 1. The van der Waals surface area contributed by atoms with Crippen molar-refractivity contribution in [1.82, 2.24) is 9.88 Å². The van der Waals surface area contributed by atoms with Crippen molar-refractivity contribution < 1.29 is 23.0 Å². The summed E-state index contributed by atoms with van der Waals surface area (Å²) in [6.45, 7) is 4.81. The molecule has 1 aromatic heterocycles. The molecule has 0 spiro atoms. The van der Waals surface area contributed by atoms with Crippen molar-refractivity contribution in [1.29, 1.82) is 0 Å². The fraction of sp³-hybridized carbons (Fsp3) is 0.360. The van der Waals surface area contributed by atoms with E-state index >= 15 is 0 Å². The van der Waals surface area contributed by atoms with Gasteiger partial charge < -0.3 is 9.47 Å². The minimum absolute atomic E-state index is 0.323. The summed E-state index contributed by atoms with van der Waals surface area (Å²) in [6, 6.07) is 9.34. The molecule has 34 heavy (non-hydrogen) atoms. The lowest BCUT2D eigenvalue weighted by molar-refractivity contribution is 0.0322. The Bertz CT molecular complexity index is 1170. The molecule has 2 aromatic carbocycles. The first-order valence-electron chi connectivity index (χ1n) is 11.4. The number of fused-ring (bicyclic) bond motifs is 3. The molecule has 3 aromatic rings. The zero-order chi connectivity index (χ0) is 23.5. The standard InChI is InChI=1S/C25H25F2N3O3S/c26-18-6-3-7-19(27)22(18)24(31)29-25-28-20-8-1-4-16-17(23(20)34-25)5-2-9-21(16)33-15-12-30-10-13-32-14-11-30/h2-3,5-7,9H,1,4,8,10-15H2,(H,28,29,31). The van der Waals surface area contributed by atoms with E-state index < -0.39 is 23.1 Å². The number of aromatic nitrogens is 1. The number of ether oxygens (including phenoxy) is 2. The predicted octanol–water partition coefficient (Wildman–Crippen LogP) is 4.54. The van der Waals surface area contributed by atoms with Crippen LogP contribution in [0.1, 0.15) is 28.0 Å². The number of anilines is 1. The number of aryl methyl sites for hydroxylation is 1. The van der Waals surface area contributed by atoms with Gasteiger partial charge in [0.2, 0.25) is 0 Å². The summed E-state index contributed by atoms with van der Waals surface area (Å²) in [4.78, 5) is 20.4. The van der Waals surface area contributed by atoms with E-state index in [0.717, 1.165) is 91.7 Å². The number of morpholine rings is 1. The molecule has 0 saturated carbocycles. The number of halogens is 2. The van der Waals surface area contributed by atoms with Crippen molar-refractivity contribution in [2.45, 2.75) is 19.3 Å². The Morgan fingerprint density at radius 2 is 1.88 bits per heavy atom. The SMILES string of the molecule is O=C(Nc1nc2c(s1)-c1cccc(OCCN3CCOCC3)c1CCC2)c1c(F)cccc1F. The molecule has 6 nitrogen and oxygen atoms in total. The molecule has 5 rings (SSSR count). The maximum Gasteiger partial charge on any atom is 0.263 e. The topological polar surface area (TPSA) is 63.7 Å². The monoisotopic (exact) mass is 485 g/mol. The zero-order valence-electron chi connectivity index (χ0n) is 18.6. The van der Waals surface area contributed by atoms with Crippen LogP contribution in [0.25, 0.3) is 10.4 Å². The van der Waals surface area contributed by atoms with Gasteiger partial charge in [0.15, 0.2) is 5.13 Å². The third-order valence-corrected chi connectivity index (χ3v) is 7.14. The lowest BCUT2D eigenvalue weighted by atomic mass is 10.0. The Balaban J connectivity index is 1.34. The second kappa shape index (κ2) is 10.2. The molecular formula is C25H25F2N3O3S. The minimum Gasteiger partial charge on any atom is -0.492 e. The fourth-order valence-electron chi connectivity index (χ4n) is 4.37. The van der Waals surface area contributed by atoms with Crippen LogP contribution in [0.4, 0.5) is 13.9 Å². The van der Waals surface area contributed by atoms with Gasteiger partial charge in [-0.25, -0.2) is 13.8 Å². The van der Waals surface area contributed by atoms with E-state index in [1.807, 2.05) is 18.2 Å². The summed E-state index contributed by atoms with van der Waals surface area (Å²) >= 11 is 1.32. The third kappa shape index (κ3) is 4.82. The van der Waals surface area contributed by atoms with Gasteiger partial charge in [-0.1, -0.05) is 29.5 Å². The highest BCUT2D eigenvalue weighted by atomic mass is 32.1. The number of hydrogen-bond donors (Lipinski definition) is 1. The Morgan fingerprint density at radius 3 is 2.68 bits per heavy atom. The van der Waals surface area contributed by atoms with E-state index in [0.29, 0.717) is 11.7 Å². The summed E-state index contributed by atoms with van der Waals surface area (Å²) in [7, 11) is 0. The van der Waals surface area contributed by atoms with E-state index in [2.05, 4.69) is 15.2 Å². The number of rotatable bonds is 6. The number of carbonyl (C=O) groups excluding carboxylic acids is 1. The number of benzene rings is 2. The molecule has 2 heterocycles. The average molecular weight is 486 g/mol. The molecule has 0 bridgehead atoms. The van der Waals surface area contributed by atoms with Crippen molar-refractivity contribution >= 4 is 22.4 Å². The highest BCUT2D eigenvalue weighted by Gasteiger charge is 2.24. The van der Waals surface area contributed by atoms with Gasteiger partial charge >= 0.3 is 0 Å². The van der Waals surface area contributed by atoms with Crippen molar-refractivity contribution in [2.75, 3.05) is 44.8 Å². The van der Waals surface area contributed by atoms with Gasteiger partial charge in [0.05, 0.1) is 23.8 Å². The molecule has 0 atom stereocenters. The zero-order valence-corrected chi connectivity index (χ0v) is 19.4. The third-order valence-electron chi connectivity index (χ3n) is 6.09. The van der Waals surface area contributed by atoms with Gasteiger partial charge in [0.1, 0.15) is 29.6 Å². The number of hydrogen-bond acceptors (Lipinski definition) is 6. The molecule has 1 fully saturated rings. The van der Waals surface area contributed by atoms with Crippen molar-refractivity contribution in [3.63, 3.8) is 0 Å². The molecule has 2 aliphatic rings. The molecule has 1 saturated heterocycles. The predicted molar refractivity (Wildman–Crippen MR) is 127 cm³/mol. The van der Waals surface area contributed by atoms with Gasteiger partial charge in [0.25, 0.3) is 5.91 Å². The maximum atomic E-state index is 14.0. The van der Waals surface area contributed by atoms with Crippen LogP contribution >= 0.6 is 11.3 Å². The summed E-state index contributed by atoms with van der Waals surface area (Å²) < 4.78 is 39.6. The van der Waals surface area contributed by atoms with E-state index in [1.54, 1.807) is 0 Å². The molecule has 1 amide bonds. The molecule has 178 valence electrons. The molecule has 1 N–H and O–H groups in total. The van der Waals surface area contributed by atoms with E-state index in [-0.39, 0.29) is 0 Å². The summed E-state index contributed by atoms with van der Waals surface area (Å²) in [5, 5.41) is 2.90. The van der Waals surface area contributed by atoms with Crippen LogP contribution in [0.15, 0.2) is 36.4 Å². The van der Waals surface area contributed by atoms with E-state index in [4.69, 9.17) is 9.47 Å². The smallest absolute Gasteiger partial charge is 0.263 e. The summed E-state index contributed by atoms with van der Waals surface area (Å²) in [5.74, 6) is -1.79. The van der Waals surface area contributed by atoms with Crippen molar-refractivity contribution in [3.05, 3.63) is 64.9 Å². The Kier molecular flexibility index (Phi) is 6.85. The first-order chi connectivity index (χ1) is 16.6. The Hall–Kier alpha value is -2.88. The lowest BCUT2D eigenvalue weighted by Crippen LogP contribution is -2.38. The largest absolute Gasteiger partial charge is 0.492 e. The van der Waals surface area contributed by atoms with Gasteiger partial charge in [-0.05, 0) is 37.5 Å². The number of amides is 1. The fourth-order valence-corrected chi connectivity index (χ4v) is 5.43.